The van der Waals surface area contributed by atoms with Gasteiger partial charge in [-0.25, -0.2) is 0 Å². The lowest BCUT2D eigenvalue weighted by Crippen LogP contribution is -2.35. The Morgan fingerprint density at radius 3 is 2.50 bits per heavy atom. The molecule has 2 aromatic carbocycles. The van der Waals surface area contributed by atoms with Gasteiger partial charge in [0.15, 0.2) is 5.43 Å². The smallest absolute Gasteiger partial charge is 0.290 e. The molecule has 4 rings (SSSR count). The fraction of sp³-hybridized carbons (Fsp3) is 0.333. The fourth-order valence-electron chi connectivity index (χ4n) is 4.03. The third-order valence-electron chi connectivity index (χ3n) is 5.80. The Hall–Kier alpha value is -3.12. The molecule has 0 spiro atoms. The minimum Gasteiger partial charge on any atom is -0.496 e. The first-order valence-electron chi connectivity index (χ1n) is 10.00. The van der Waals surface area contributed by atoms with Gasteiger partial charge in [-0.2, -0.15) is 0 Å². The lowest BCUT2D eigenvalue weighted by molar-refractivity contribution is 0.0715. The first kappa shape index (κ1) is 20.2. The van der Waals surface area contributed by atoms with E-state index in [0.29, 0.717) is 35.4 Å². The van der Waals surface area contributed by atoms with Crippen LogP contribution in [0.25, 0.3) is 11.0 Å². The molecular formula is C24H26N2O4. The van der Waals surface area contributed by atoms with Crippen LogP contribution in [0.4, 0.5) is 0 Å². The summed E-state index contributed by atoms with van der Waals surface area (Å²) >= 11 is 0. The zero-order valence-corrected chi connectivity index (χ0v) is 18.0. The second-order valence-electron chi connectivity index (χ2n) is 8.05. The van der Waals surface area contributed by atoms with Gasteiger partial charge in [0.05, 0.1) is 24.1 Å². The lowest BCUT2D eigenvalue weighted by atomic mass is 9.96. The molecule has 0 aliphatic carbocycles. The van der Waals surface area contributed by atoms with Crippen LogP contribution in [0.1, 0.15) is 38.9 Å². The molecule has 6 nitrogen and oxygen atoms in total. The molecule has 6 heteroatoms. The van der Waals surface area contributed by atoms with Crippen LogP contribution in [0.5, 0.6) is 5.75 Å². The number of para-hydroxylation sites is 1. The quantitative estimate of drug-likeness (QED) is 0.649. The van der Waals surface area contributed by atoms with Crippen LogP contribution in [-0.4, -0.2) is 50.0 Å². The minimum absolute atomic E-state index is 0.130. The van der Waals surface area contributed by atoms with Gasteiger partial charge in [0.1, 0.15) is 11.3 Å². The van der Waals surface area contributed by atoms with Crippen molar-refractivity contribution >= 4 is 16.9 Å². The van der Waals surface area contributed by atoms with Crippen molar-refractivity contribution in [1.82, 2.24) is 9.80 Å². The van der Waals surface area contributed by atoms with Gasteiger partial charge in [0, 0.05) is 18.7 Å². The number of methoxy groups -OCH3 is 1. The molecule has 1 atom stereocenters. The number of carbonyl (C=O) groups excluding carboxylic acids is 1. The summed E-state index contributed by atoms with van der Waals surface area (Å²) in [7, 11) is 5.50. The van der Waals surface area contributed by atoms with Crippen molar-refractivity contribution in [3.05, 3.63) is 74.6 Å². The maximum atomic E-state index is 13.6. The second kappa shape index (κ2) is 7.61. The molecule has 0 fully saturated rings. The van der Waals surface area contributed by atoms with Crippen LogP contribution in [0.15, 0.2) is 45.6 Å². The van der Waals surface area contributed by atoms with Crippen LogP contribution in [0, 0.1) is 13.8 Å². The molecule has 0 saturated carbocycles. The Bertz CT molecular complexity index is 1200. The normalized spacial score (nSPS) is 15.9. The van der Waals surface area contributed by atoms with Gasteiger partial charge in [-0.3, -0.25) is 9.59 Å². The average molecular weight is 406 g/mol. The molecule has 3 aromatic rings. The molecule has 30 heavy (non-hydrogen) atoms. The average Bonchev–Trinajstić information content (AvgIpc) is 3.00. The van der Waals surface area contributed by atoms with E-state index in [4.69, 9.17) is 9.15 Å². The van der Waals surface area contributed by atoms with E-state index in [1.807, 2.05) is 69.2 Å². The highest BCUT2D eigenvalue weighted by Crippen LogP contribution is 2.41. The van der Waals surface area contributed by atoms with E-state index in [9.17, 15) is 9.59 Å². The predicted molar refractivity (Wildman–Crippen MR) is 116 cm³/mol. The number of carbonyl (C=O) groups is 1. The van der Waals surface area contributed by atoms with Gasteiger partial charge in [0.25, 0.3) is 5.91 Å². The van der Waals surface area contributed by atoms with E-state index < -0.39 is 6.04 Å². The van der Waals surface area contributed by atoms with Crippen molar-refractivity contribution in [3.8, 4) is 5.75 Å². The molecule has 1 aliphatic rings. The van der Waals surface area contributed by atoms with E-state index >= 15 is 0 Å². The topological polar surface area (TPSA) is 63.0 Å². The molecule has 1 aromatic heterocycles. The summed E-state index contributed by atoms with van der Waals surface area (Å²) in [4.78, 5) is 30.7. The summed E-state index contributed by atoms with van der Waals surface area (Å²) in [5, 5.41) is 0.499. The van der Waals surface area contributed by atoms with Gasteiger partial charge in [0.2, 0.25) is 5.76 Å². The van der Waals surface area contributed by atoms with Gasteiger partial charge < -0.3 is 19.0 Å². The molecule has 1 amide bonds. The molecule has 0 unspecified atom stereocenters. The van der Waals surface area contributed by atoms with E-state index in [-0.39, 0.29) is 17.1 Å². The number of hydrogen-bond acceptors (Lipinski definition) is 5. The Kier molecular flexibility index (Phi) is 5.12. The Labute approximate surface area is 175 Å². The number of ether oxygens (including phenoxy) is 1. The highest BCUT2D eigenvalue weighted by atomic mass is 16.5. The van der Waals surface area contributed by atoms with E-state index in [2.05, 4.69) is 0 Å². The number of amides is 1. The number of aryl methyl sites for hydroxylation is 2. The third-order valence-corrected chi connectivity index (χ3v) is 5.80. The Morgan fingerprint density at radius 1 is 1.10 bits per heavy atom. The molecule has 1 aliphatic heterocycles. The number of benzene rings is 2. The van der Waals surface area contributed by atoms with Crippen LogP contribution in [-0.2, 0) is 0 Å². The first-order valence-corrected chi connectivity index (χ1v) is 10.00. The summed E-state index contributed by atoms with van der Waals surface area (Å²) in [6.45, 7) is 5.06. The summed E-state index contributed by atoms with van der Waals surface area (Å²) in [6.07, 6.45) is 0. The number of nitrogens with zero attached hydrogens (tertiary/aromatic N) is 2. The molecule has 0 N–H and O–H groups in total. The van der Waals surface area contributed by atoms with Crippen molar-refractivity contribution in [1.29, 1.82) is 0 Å². The zero-order valence-electron chi connectivity index (χ0n) is 18.0. The molecule has 0 saturated heterocycles. The number of rotatable bonds is 5. The molecule has 2 heterocycles. The van der Waals surface area contributed by atoms with Crippen molar-refractivity contribution in [3.63, 3.8) is 0 Å². The van der Waals surface area contributed by atoms with Crippen molar-refractivity contribution in [2.45, 2.75) is 19.9 Å². The fourth-order valence-corrected chi connectivity index (χ4v) is 4.03. The van der Waals surface area contributed by atoms with Gasteiger partial charge >= 0.3 is 0 Å². The van der Waals surface area contributed by atoms with Crippen LogP contribution in [0.2, 0.25) is 0 Å². The van der Waals surface area contributed by atoms with Crippen LogP contribution in [0.3, 0.4) is 0 Å². The van der Waals surface area contributed by atoms with E-state index in [1.165, 1.54) is 0 Å². The minimum atomic E-state index is -0.550. The second-order valence-corrected chi connectivity index (χ2v) is 8.05. The summed E-state index contributed by atoms with van der Waals surface area (Å²) in [6, 6.07) is 10.6. The monoisotopic (exact) mass is 406 g/mol. The van der Waals surface area contributed by atoms with Crippen LogP contribution >= 0.6 is 0 Å². The van der Waals surface area contributed by atoms with Crippen LogP contribution < -0.4 is 10.2 Å². The summed E-state index contributed by atoms with van der Waals surface area (Å²) in [5.41, 5.74) is 3.48. The zero-order chi connectivity index (χ0) is 21.6. The standard InChI is InChI=1S/C24H26N2O4/c1-14-12-17-19(13-15(14)2)30-23-20(22(17)27)21(16-8-6-7-9-18(16)29-5)26(24(23)28)11-10-25(3)4/h6-9,12-13,21H,10-11H2,1-5H3/t21-/m0/s1. The summed E-state index contributed by atoms with van der Waals surface area (Å²) < 4.78 is 11.6. The van der Waals surface area contributed by atoms with Crippen molar-refractivity contribution in [2.24, 2.45) is 0 Å². The first-order chi connectivity index (χ1) is 14.3. The van der Waals surface area contributed by atoms with Gasteiger partial charge in [-0.1, -0.05) is 18.2 Å². The molecule has 156 valence electrons. The highest BCUT2D eigenvalue weighted by Gasteiger charge is 2.43. The third kappa shape index (κ3) is 3.17. The largest absolute Gasteiger partial charge is 0.496 e. The molecular weight excluding hydrogens is 380 g/mol. The lowest BCUT2D eigenvalue weighted by Gasteiger charge is -2.27. The Morgan fingerprint density at radius 2 is 1.80 bits per heavy atom. The van der Waals surface area contributed by atoms with Crippen molar-refractivity contribution < 1.29 is 13.9 Å². The van der Waals surface area contributed by atoms with E-state index in [1.54, 1.807) is 12.0 Å². The van der Waals surface area contributed by atoms with Gasteiger partial charge in [-0.05, 0) is 57.3 Å². The van der Waals surface area contributed by atoms with Crippen molar-refractivity contribution in [2.75, 3.05) is 34.3 Å². The van der Waals surface area contributed by atoms with E-state index in [0.717, 1.165) is 16.7 Å². The molecule has 0 bridgehead atoms. The Balaban J connectivity index is 1.99. The molecule has 0 radical (unpaired) electrons. The maximum absolute atomic E-state index is 13.6. The SMILES string of the molecule is COc1ccccc1[C@H]1c2c(oc3cc(C)c(C)cc3c2=O)C(=O)N1CCN(C)C. The number of hydrogen-bond donors (Lipinski definition) is 0. The maximum Gasteiger partial charge on any atom is 0.290 e. The highest BCUT2D eigenvalue weighted by molar-refractivity contribution is 5.99. The van der Waals surface area contributed by atoms with Gasteiger partial charge in [-0.15, -0.1) is 0 Å². The number of likely N-dealkylation sites (N-methyl/N-ethyl adjacent to an activating group) is 1. The summed E-state index contributed by atoms with van der Waals surface area (Å²) in [5.74, 6) is 0.503. The predicted octanol–water partition coefficient (Wildman–Crippen LogP) is 3.53. The number of fused-ring (bicyclic) bond motifs is 2.